The molecule has 2 N–H and O–H groups in total. The van der Waals surface area contributed by atoms with Crippen LogP contribution in [-0.4, -0.2) is 92.7 Å². The summed E-state index contributed by atoms with van der Waals surface area (Å²) >= 11 is 0. The summed E-state index contributed by atoms with van der Waals surface area (Å²) < 4.78 is 0. The van der Waals surface area contributed by atoms with Crippen LogP contribution >= 0.6 is 0 Å². The molecule has 1 saturated heterocycles. The minimum absolute atomic E-state index is 0.332. The number of rotatable bonds is 11. The first-order valence-corrected chi connectivity index (χ1v) is 12.2. The van der Waals surface area contributed by atoms with Crippen molar-refractivity contribution >= 4 is 5.96 Å². The Morgan fingerprint density at radius 1 is 1.00 bits per heavy atom. The topological polar surface area (TPSA) is 46.1 Å². The summed E-state index contributed by atoms with van der Waals surface area (Å²) in [5.74, 6) is 1.51. The molecule has 2 unspecified atom stereocenters. The number of likely N-dealkylation sites (N-methyl/N-ethyl adjacent to an activating group) is 2. The van der Waals surface area contributed by atoms with Crippen LogP contribution in [0.3, 0.4) is 0 Å². The van der Waals surface area contributed by atoms with Gasteiger partial charge in [-0.2, -0.15) is 0 Å². The van der Waals surface area contributed by atoms with Crippen LogP contribution in [0.15, 0.2) is 35.3 Å². The van der Waals surface area contributed by atoms with E-state index in [1.54, 1.807) is 0 Å². The van der Waals surface area contributed by atoms with E-state index in [-0.39, 0.29) is 0 Å². The van der Waals surface area contributed by atoms with E-state index in [1.165, 1.54) is 5.56 Å². The van der Waals surface area contributed by atoms with Gasteiger partial charge in [0.15, 0.2) is 5.96 Å². The largest absolute Gasteiger partial charge is 0.357 e. The third-order valence-corrected chi connectivity index (χ3v) is 6.46. The van der Waals surface area contributed by atoms with Crippen molar-refractivity contribution in [3.05, 3.63) is 35.9 Å². The van der Waals surface area contributed by atoms with Crippen LogP contribution in [0.25, 0.3) is 0 Å². The van der Waals surface area contributed by atoms with Gasteiger partial charge < -0.3 is 15.5 Å². The molecule has 1 aromatic rings. The lowest BCUT2D eigenvalue weighted by molar-refractivity contribution is 0.0925. The Bertz CT molecular complexity index is 620. The van der Waals surface area contributed by atoms with Crippen molar-refractivity contribution in [3.63, 3.8) is 0 Å². The summed E-state index contributed by atoms with van der Waals surface area (Å²) in [6, 6.07) is 11.6. The van der Waals surface area contributed by atoms with Crippen LogP contribution in [0.5, 0.6) is 0 Å². The number of piperazine rings is 1. The van der Waals surface area contributed by atoms with E-state index in [0.717, 1.165) is 64.9 Å². The summed E-state index contributed by atoms with van der Waals surface area (Å²) in [5, 5.41) is 7.11. The number of hydrogen-bond acceptors (Lipinski definition) is 4. The first-order chi connectivity index (χ1) is 15.0. The number of nitrogens with zero attached hydrogens (tertiary/aromatic N) is 4. The van der Waals surface area contributed by atoms with E-state index in [9.17, 15) is 0 Å². The molecule has 31 heavy (non-hydrogen) atoms. The Morgan fingerprint density at radius 3 is 2.19 bits per heavy atom. The molecule has 2 atom stereocenters. The molecule has 1 aromatic carbocycles. The molecule has 6 nitrogen and oxygen atoms in total. The summed E-state index contributed by atoms with van der Waals surface area (Å²) in [6.45, 7) is 20.4. The number of guanidine groups is 1. The molecule has 1 heterocycles. The van der Waals surface area contributed by atoms with Crippen molar-refractivity contribution in [2.75, 3.05) is 66.0 Å². The molecule has 0 aromatic heterocycles. The van der Waals surface area contributed by atoms with Gasteiger partial charge in [0, 0.05) is 45.3 Å². The molecule has 0 bridgehead atoms. The molecule has 0 amide bonds. The van der Waals surface area contributed by atoms with E-state index in [0.29, 0.717) is 18.0 Å². The maximum Gasteiger partial charge on any atom is 0.191 e. The van der Waals surface area contributed by atoms with Crippen LogP contribution in [-0.2, 0) is 0 Å². The average molecular weight is 431 g/mol. The molecule has 0 aliphatic carbocycles. The van der Waals surface area contributed by atoms with E-state index in [1.807, 2.05) is 0 Å². The Hall–Kier alpha value is -1.63. The second kappa shape index (κ2) is 13.7. The van der Waals surface area contributed by atoms with Gasteiger partial charge in [-0.15, -0.1) is 0 Å². The first-order valence-electron chi connectivity index (χ1n) is 12.2. The summed E-state index contributed by atoms with van der Waals surface area (Å²) in [7, 11) is 2.21. The van der Waals surface area contributed by atoms with Gasteiger partial charge in [0.25, 0.3) is 0 Å². The molecule has 0 radical (unpaired) electrons. The van der Waals surface area contributed by atoms with Crippen molar-refractivity contribution < 1.29 is 0 Å². The highest BCUT2D eigenvalue weighted by Gasteiger charge is 2.25. The highest BCUT2D eigenvalue weighted by molar-refractivity contribution is 5.79. The molecule has 0 spiro atoms. The van der Waals surface area contributed by atoms with Gasteiger partial charge in [0.05, 0.1) is 12.6 Å². The van der Waals surface area contributed by atoms with Gasteiger partial charge in [-0.1, -0.05) is 58.0 Å². The van der Waals surface area contributed by atoms with E-state index < -0.39 is 0 Å². The van der Waals surface area contributed by atoms with Gasteiger partial charge in [-0.3, -0.25) is 14.8 Å². The van der Waals surface area contributed by atoms with Crippen molar-refractivity contribution in [2.24, 2.45) is 10.9 Å². The average Bonchev–Trinajstić information content (AvgIpc) is 2.78. The Labute approximate surface area is 191 Å². The summed E-state index contributed by atoms with van der Waals surface area (Å²) in [4.78, 5) is 12.6. The van der Waals surface area contributed by atoms with Gasteiger partial charge in [0.1, 0.15) is 0 Å². The smallest absolute Gasteiger partial charge is 0.191 e. The molecule has 1 aliphatic heterocycles. The second-order valence-corrected chi connectivity index (χ2v) is 8.90. The number of hydrogen-bond donors (Lipinski definition) is 2. The van der Waals surface area contributed by atoms with Gasteiger partial charge in [-0.25, -0.2) is 0 Å². The SMILES string of the molecule is CCNC(=NCC(C(C)C)N1CCN(C)CC1)NCC(c1ccccc1)N(CC)CC. The van der Waals surface area contributed by atoms with Crippen LogP contribution < -0.4 is 10.6 Å². The van der Waals surface area contributed by atoms with Crippen LogP contribution in [0.2, 0.25) is 0 Å². The maximum absolute atomic E-state index is 5.03. The number of aliphatic imine (C=N–C) groups is 1. The zero-order valence-electron chi connectivity index (χ0n) is 20.8. The lowest BCUT2D eigenvalue weighted by Gasteiger charge is -2.39. The molecular weight excluding hydrogens is 384 g/mol. The fourth-order valence-corrected chi connectivity index (χ4v) is 4.42. The Balaban J connectivity index is 2.07. The lowest BCUT2D eigenvalue weighted by Crippen LogP contribution is -2.52. The predicted octanol–water partition coefficient (Wildman–Crippen LogP) is 2.90. The van der Waals surface area contributed by atoms with Crippen molar-refractivity contribution in [1.82, 2.24) is 25.3 Å². The third-order valence-electron chi connectivity index (χ3n) is 6.46. The normalized spacial score (nSPS) is 18.4. The van der Waals surface area contributed by atoms with E-state index >= 15 is 0 Å². The number of benzene rings is 1. The van der Waals surface area contributed by atoms with Crippen LogP contribution in [0.4, 0.5) is 0 Å². The van der Waals surface area contributed by atoms with Crippen molar-refractivity contribution in [1.29, 1.82) is 0 Å². The fourth-order valence-electron chi connectivity index (χ4n) is 4.42. The molecule has 2 rings (SSSR count). The fraction of sp³-hybridized carbons (Fsp3) is 0.720. The van der Waals surface area contributed by atoms with Gasteiger partial charge >= 0.3 is 0 Å². The quantitative estimate of drug-likeness (QED) is 0.418. The Morgan fingerprint density at radius 2 is 1.65 bits per heavy atom. The highest BCUT2D eigenvalue weighted by atomic mass is 15.3. The minimum atomic E-state index is 0.332. The zero-order valence-corrected chi connectivity index (χ0v) is 20.8. The summed E-state index contributed by atoms with van der Waals surface area (Å²) in [5.41, 5.74) is 1.35. The van der Waals surface area contributed by atoms with Crippen LogP contribution in [0, 0.1) is 5.92 Å². The summed E-state index contributed by atoms with van der Waals surface area (Å²) in [6.07, 6.45) is 0. The minimum Gasteiger partial charge on any atom is -0.357 e. The molecular formula is C25H46N6. The monoisotopic (exact) mass is 430 g/mol. The van der Waals surface area contributed by atoms with Gasteiger partial charge in [-0.05, 0) is 38.5 Å². The lowest BCUT2D eigenvalue weighted by atomic mass is 10.0. The second-order valence-electron chi connectivity index (χ2n) is 8.90. The van der Waals surface area contributed by atoms with Crippen LogP contribution in [0.1, 0.15) is 46.2 Å². The molecule has 1 fully saturated rings. The molecule has 1 aliphatic rings. The van der Waals surface area contributed by atoms with E-state index in [4.69, 9.17) is 4.99 Å². The highest BCUT2D eigenvalue weighted by Crippen LogP contribution is 2.19. The zero-order chi connectivity index (χ0) is 22.6. The van der Waals surface area contributed by atoms with E-state index in [2.05, 4.69) is 97.3 Å². The molecule has 0 saturated carbocycles. The van der Waals surface area contributed by atoms with Crippen molar-refractivity contribution in [3.8, 4) is 0 Å². The third kappa shape index (κ3) is 8.09. The predicted molar refractivity (Wildman–Crippen MR) is 134 cm³/mol. The standard InChI is InChI=1S/C25H46N6/c1-7-26-25(27-19-23(21(4)5)31-17-15-29(6)16-18-31)28-20-24(30(8-2)9-3)22-13-11-10-12-14-22/h10-14,21,23-24H,7-9,15-20H2,1-6H3,(H2,26,27,28). The van der Waals surface area contributed by atoms with Crippen molar-refractivity contribution in [2.45, 2.75) is 46.7 Å². The Kier molecular flexibility index (Phi) is 11.3. The van der Waals surface area contributed by atoms with Gasteiger partial charge in [0.2, 0.25) is 0 Å². The number of nitrogens with one attached hydrogen (secondary N) is 2. The molecule has 6 heteroatoms. The maximum atomic E-state index is 5.03. The molecule has 176 valence electrons. The first kappa shape index (κ1) is 25.6.